The summed E-state index contributed by atoms with van der Waals surface area (Å²) in [6, 6.07) is 13.2. The van der Waals surface area contributed by atoms with E-state index >= 15 is 0 Å². The molecular weight excluding hydrogens is 390 g/mol. The summed E-state index contributed by atoms with van der Waals surface area (Å²) < 4.78 is 51.3. The molecule has 11 heteroatoms. The molecule has 27 heavy (non-hydrogen) atoms. The quantitative estimate of drug-likeness (QED) is 0.525. The monoisotopic (exact) mass is 407 g/mol. The molecule has 0 bridgehead atoms. The molecule has 1 aromatic heterocycles. The second-order valence-electron chi connectivity index (χ2n) is 5.74. The number of sulfonamides is 2. The maximum absolute atomic E-state index is 12.8. The molecule has 1 heterocycles. The molecule has 3 aromatic rings. The van der Waals surface area contributed by atoms with Crippen molar-refractivity contribution in [1.82, 2.24) is 19.9 Å². The summed E-state index contributed by atoms with van der Waals surface area (Å²) in [5, 5.41) is 11.6. The molecule has 9 nitrogen and oxygen atoms in total. The molecule has 0 radical (unpaired) electrons. The van der Waals surface area contributed by atoms with Crippen LogP contribution < -0.4 is 9.86 Å². The Balaban J connectivity index is 1.95. The molecule has 0 aliphatic heterocycles. The van der Waals surface area contributed by atoms with Crippen LogP contribution >= 0.6 is 0 Å². The van der Waals surface area contributed by atoms with Gasteiger partial charge in [-0.25, -0.2) is 31.7 Å². The van der Waals surface area contributed by atoms with Crippen LogP contribution in [0.2, 0.25) is 0 Å². The van der Waals surface area contributed by atoms with E-state index in [1.54, 1.807) is 24.3 Å². The fourth-order valence-electron chi connectivity index (χ4n) is 2.51. The lowest BCUT2D eigenvalue weighted by Crippen LogP contribution is -2.30. The second kappa shape index (κ2) is 7.56. The molecule has 0 unspecified atom stereocenters. The van der Waals surface area contributed by atoms with Crippen LogP contribution in [0.25, 0.3) is 0 Å². The van der Waals surface area contributed by atoms with Crippen molar-refractivity contribution in [3.8, 4) is 0 Å². The van der Waals surface area contributed by atoms with Crippen molar-refractivity contribution in [1.29, 1.82) is 0 Å². The van der Waals surface area contributed by atoms with Gasteiger partial charge in [-0.3, -0.25) is 5.10 Å². The molecule has 0 amide bonds. The Kier molecular flexibility index (Phi) is 5.37. The molecular formula is C16H17N5O4S2. The first-order valence-electron chi connectivity index (χ1n) is 7.80. The highest BCUT2D eigenvalue weighted by molar-refractivity contribution is 7.90. The van der Waals surface area contributed by atoms with E-state index in [0.717, 1.165) is 11.6 Å². The van der Waals surface area contributed by atoms with Gasteiger partial charge in [0.1, 0.15) is 12.2 Å². The molecule has 0 saturated carbocycles. The average molecular weight is 407 g/mol. The Morgan fingerprint density at radius 3 is 2.33 bits per heavy atom. The zero-order valence-corrected chi connectivity index (χ0v) is 15.6. The van der Waals surface area contributed by atoms with Gasteiger partial charge in [-0.2, -0.15) is 5.10 Å². The van der Waals surface area contributed by atoms with Gasteiger partial charge in [0.15, 0.2) is 0 Å². The molecule has 3 rings (SSSR count). The van der Waals surface area contributed by atoms with Gasteiger partial charge in [-0.15, -0.1) is 0 Å². The van der Waals surface area contributed by atoms with Crippen molar-refractivity contribution in [3.05, 3.63) is 72.3 Å². The highest BCUT2D eigenvalue weighted by atomic mass is 32.2. The van der Waals surface area contributed by atoms with E-state index < -0.39 is 26.1 Å². The number of benzene rings is 2. The number of nitrogens with two attached hydrogens (primary N) is 1. The Hall–Kier alpha value is -2.60. The summed E-state index contributed by atoms with van der Waals surface area (Å²) in [4.78, 5) is 3.55. The van der Waals surface area contributed by atoms with Gasteiger partial charge in [0.25, 0.3) is 0 Å². The third kappa shape index (κ3) is 4.77. The number of hydrogen-bond acceptors (Lipinski definition) is 6. The number of primary sulfonamides is 1. The number of nitrogens with one attached hydrogen (secondary N) is 2. The highest BCUT2D eigenvalue weighted by Gasteiger charge is 2.24. The van der Waals surface area contributed by atoms with Gasteiger partial charge in [-0.05, 0) is 23.8 Å². The Morgan fingerprint density at radius 1 is 1.00 bits per heavy atom. The van der Waals surface area contributed by atoms with Crippen molar-refractivity contribution >= 4 is 20.0 Å². The number of aromatic nitrogens is 3. The van der Waals surface area contributed by atoms with E-state index in [9.17, 15) is 16.8 Å². The van der Waals surface area contributed by atoms with Crippen molar-refractivity contribution in [2.75, 3.05) is 0 Å². The number of aromatic amines is 1. The van der Waals surface area contributed by atoms with Crippen LogP contribution in [0.4, 0.5) is 0 Å². The molecule has 0 aliphatic rings. The van der Waals surface area contributed by atoms with Crippen molar-refractivity contribution in [2.24, 2.45) is 5.14 Å². The second-order valence-corrected chi connectivity index (χ2v) is 9.02. The van der Waals surface area contributed by atoms with Crippen molar-refractivity contribution in [2.45, 2.75) is 22.3 Å². The minimum Gasteiger partial charge on any atom is -0.263 e. The Labute approximate surface area is 156 Å². The van der Waals surface area contributed by atoms with E-state index in [-0.39, 0.29) is 16.2 Å². The maximum atomic E-state index is 12.8. The fourth-order valence-corrected chi connectivity index (χ4v) is 4.41. The SMILES string of the molecule is NS(=O)(=O)c1cccc(S(=O)(=O)N[C@H](Cc2ncn[nH]2)c2ccccc2)c1. The van der Waals surface area contributed by atoms with Crippen LogP contribution in [0.1, 0.15) is 17.4 Å². The lowest BCUT2D eigenvalue weighted by Gasteiger charge is -2.18. The maximum Gasteiger partial charge on any atom is 0.241 e. The summed E-state index contributed by atoms with van der Waals surface area (Å²) in [5.41, 5.74) is 0.722. The van der Waals surface area contributed by atoms with Crippen LogP contribution in [0.15, 0.2) is 70.7 Å². The zero-order valence-electron chi connectivity index (χ0n) is 14.0. The first-order valence-corrected chi connectivity index (χ1v) is 10.8. The van der Waals surface area contributed by atoms with E-state index in [2.05, 4.69) is 19.9 Å². The van der Waals surface area contributed by atoms with Crippen LogP contribution in [0.3, 0.4) is 0 Å². The molecule has 142 valence electrons. The third-order valence-electron chi connectivity index (χ3n) is 3.81. The summed E-state index contributed by atoms with van der Waals surface area (Å²) >= 11 is 0. The van der Waals surface area contributed by atoms with Gasteiger partial charge < -0.3 is 0 Å². The lowest BCUT2D eigenvalue weighted by molar-refractivity contribution is 0.550. The fraction of sp³-hybridized carbons (Fsp3) is 0.125. The molecule has 0 saturated heterocycles. The van der Waals surface area contributed by atoms with Gasteiger partial charge in [0.2, 0.25) is 20.0 Å². The van der Waals surface area contributed by atoms with Gasteiger partial charge >= 0.3 is 0 Å². The number of H-pyrrole nitrogens is 1. The summed E-state index contributed by atoms with van der Waals surface area (Å²) in [6.45, 7) is 0. The smallest absolute Gasteiger partial charge is 0.241 e. The minimum absolute atomic E-state index is 0.201. The number of nitrogens with zero attached hydrogens (tertiary/aromatic N) is 2. The van der Waals surface area contributed by atoms with Crippen LogP contribution in [-0.2, 0) is 26.5 Å². The highest BCUT2D eigenvalue weighted by Crippen LogP contribution is 2.21. The van der Waals surface area contributed by atoms with E-state index in [1.807, 2.05) is 6.07 Å². The third-order valence-corrected chi connectivity index (χ3v) is 6.19. The minimum atomic E-state index is -4.03. The standard InChI is InChI=1S/C16H17N5O4S2/c17-26(22,23)13-7-4-8-14(9-13)27(24,25)21-15(10-16-18-11-19-20-16)12-5-2-1-3-6-12/h1-9,11,15,21H,10H2,(H2,17,22,23)(H,18,19,20)/t15-/m1/s1. The van der Waals surface area contributed by atoms with Gasteiger partial charge in [0, 0.05) is 6.42 Å². The number of rotatable bonds is 7. The molecule has 2 aromatic carbocycles. The summed E-state index contributed by atoms with van der Waals surface area (Å²) in [5.74, 6) is 0.504. The summed E-state index contributed by atoms with van der Waals surface area (Å²) in [7, 11) is -8.05. The summed E-state index contributed by atoms with van der Waals surface area (Å²) in [6.07, 6.45) is 1.57. The number of hydrogen-bond donors (Lipinski definition) is 3. The molecule has 0 fully saturated rings. The largest absolute Gasteiger partial charge is 0.263 e. The topological polar surface area (TPSA) is 148 Å². The zero-order chi connectivity index (χ0) is 19.5. The van der Waals surface area contributed by atoms with Crippen LogP contribution in [-0.4, -0.2) is 32.0 Å². The first-order chi connectivity index (χ1) is 12.8. The van der Waals surface area contributed by atoms with E-state index in [0.29, 0.717) is 5.82 Å². The van der Waals surface area contributed by atoms with Crippen LogP contribution in [0.5, 0.6) is 0 Å². The molecule has 1 atom stereocenters. The average Bonchev–Trinajstić information content (AvgIpc) is 3.14. The predicted molar refractivity (Wildman–Crippen MR) is 97.4 cm³/mol. The Bertz CT molecular complexity index is 1110. The molecule has 0 aliphatic carbocycles. The van der Waals surface area contributed by atoms with E-state index in [1.165, 1.54) is 24.5 Å². The van der Waals surface area contributed by atoms with Gasteiger partial charge in [0.05, 0.1) is 15.8 Å². The van der Waals surface area contributed by atoms with Gasteiger partial charge in [-0.1, -0.05) is 36.4 Å². The van der Waals surface area contributed by atoms with E-state index in [4.69, 9.17) is 5.14 Å². The normalized spacial score (nSPS) is 13.4. The van der Waals surface area contributed by atoms with Crippen LogP contribution in [0, 0.1) is 0 Å². The molecule has 0 spiro atoms. The van der Waals surface area contributed by atoms with Crippen molar-refractivity contribution < 1.29 is 16.8 Å². The molecule has 4 N–H and O–H groups in total. The Morgan fingerprint density at radius 2 is 1.70 bits per heavy atom. The first kappa shape index (κ1) is 19.2. The lowest BCUT2D eigenvalue weighted by atomic mass is 10.0. The predicted octanol–water partition coefficient (Wildman–Crippen LogP) is 0.714. The van der Waals surface area contributed by atoms with Crippen molar-refractivity contribution in [3.63, 3.8) is 0 Å².